The third-order valence-electron chi connectivity index (χ3n) is 2.93. The lowest BCUT2D eigenvalue weighted by Gasteiger charge is -2.11. The molecule has 2 aromatic rings. The summed E-state index contributed by atoms with van der Waals surface area (Å²) < 4.78 is 5.84. The molecule has 94 valence electrons. The van der Waals surface area contributed by atoms with E-state index in [0.717, 1.165) is 16.9 Å². The van der Waals surface area contributed by atoms with Crippen LogP contribution < -0.4 is 10.5 Å². The van der Waals surface area contributed by atoms with Crippen molar-refractivity contribution >= 4 is 0 Å². The minimum Gasteiger partial charge on any atom is -0.489 e. The van der Waals surface area contributed by atoms with Gasteiger partial charge in [0.1, 0.15) is 12.4 Å². The average molecular weight is 241 g/mol. The Balaban J connectivity index is 2.11. The summed E-state index contributed by atoms with van der Waals surface area (Å²) in [5.74, 6) is 0.916. The van der Waals surface area contributed by atoms with Gasteiger partial charge in [-0.1, -0.05) is 30.3 Å². The summed E-state index contributed by atoms with van der Waals surface area (Å²) in [6.07, 6.45) is 0. The van der Waals surface area contributed by atoms with Crippen molar-refractivity contribution in [1.29, 1.82) is 0 Å². The van der Waals surface area contributed by atoms with Crippen molar-refractivity contribution in [3.63, 3.8) is 0 Å². The van der Waals surface area contributed by atoms with Crippen LogP contribution in [0.25, 0.3) is 0 Å². The number of rotatable bonds is 4. The molecule has 0 aliphatic carbocycles. The molecule has 2 rings (SSSR count). The zero-order valence-electron chi connectivity index (χ0n) is 10.9. The summed E-state index contributed by atoms with van der Waals surface area (Å²) in [4.78, 5) is 0. The fourth-order valence-corrected chi connectivity index (χ4v) is 2.07. The van der Waals surface area contributed by atoms with E-state index in [2.05, 4.69) is 38.1 Å². The van der Waals surface area contributed by atoms with Gasteiger partial charge in [0.15, 0.2) is 0 Å². The Morgan fingerprint density at radius 3 is 2.17 bits per heavy atom. The van der Waals surface area contributed by atoms with E-state index in [1.165, 1.54) is 11.1 Å². The van der Waals surface area contributed by atoms with Crippen LogP contribution in [-0.4, -0.2) is 0 Å². The zero-order chi connectivity index (χ0) is 13.0. The van der Waals surface area contributed by atoms with Crippen LogP contribution in [0, 0.1) is 13.8 Å². The SMILES string of the molecule is Cc1cc(C)cc(OCc2ccccc2CN)c1. The smallest absolute Gasteiger partial charge is 0.120 e. The lowest BCUT2D eigenvalue weighted by Crippen LogP contribution is -2.04. The summed E-state index contributed by atoms with van der Waals surface area (Å²) in [5.41, 5.74) is 10.4. The van der Waals surface area contributed by atoms with E-state index in [4.69, 9.17) is 10.5 Å². The third-order valence-corrected chi connectivity index (χ3v) is 2.93. The Morgan fingerprint density at radius 2 is 1.56 bits per heavy atom. The number of benzene rings is 2. The minimum atomic E-state index is 0.548. The van der Waals surface area contributed by atoms with Crippen LogP contribution in [0.3, 0.4) is 0 Å². The molecule has 0 radical (unpaired) electrons. The predicted octanol–water partition coefficient (Wildman–Crippen LogP) is 3.34. The first-order valence-corrected chi connectivity index (χ1v) is 6.17. The van der Waals surface area contributed by atoms with E-state index < -0.39 is 0 Å². The Labute approximate surface area is 108 Å². The van der Waals surface area contributed by atoms with Crippen LogP contribution >= 0.6 is 0 Å². The van der Waals surface area contributed by atoms with E-state index in [1.807, 2.05) is 18.2 Å². The van der Waals surface area contributed by atoms with Crippen LogP contribution in [0.4, 0.5) is 0 Å². The molecule has 0 aliphatic rings. The molecule has 2 heteroatoms. The summed E-state index contributed by atoms with van der Waals surface area (Å²) >= 11 is 0. The first-order chi connectivity index (χ1) is 8.69. The predicted molar refractivity (Wildman–Crippen MR) is 74.6 cm³/mol. The lowest BCUT2D eigenvalue weighted by atomic mass is 10.1. The van der Waals surface area contributed by atoms with Crippen LogP contribution in [0.2, 0.25) is 0 Å². The fourth-order valence-electron chi connectivity index (χ4n) is 2.07. The monoisotopic (exact) mass is 241 g/mol. The molecule has 0 saturated heterocycles. The normalized spacial score (nSPS) is 10.4. The first-order valence-electron chi connectivity index (χ1n) is 6.17. The highest BCUT2D eigenvalue weighted by atomic mass is 16.5. The molecular weight excluding hydrogens is 222 g/mol. The van der Waals surface area contributed by atoms with Crippen molar-refractivity contribution in [3.05, 3.63) is 64.7 Å². The van der Waals surface area contributed by atoms with E-state index in [9.17, 15) is 0 Å². The number of hydrogen-bond acceptors (Lipinski definition) is 2. The second-order valence-electron chi connectivity index (χ2n) is 4.58. The number of hydrogen-bond donors (Lipinski definition) is 1. The highest BCUT2D eigenvalue weighted by molar-refractivity contribution is 5.34. The van der Waals surface area contributed by atoms with Crippen molar-refractivity contribution in [1.82, 2.24) is 0 Å². The van der Waals surface area contributed by atoms with E-state index >= 15 is 0 Å². The van der Waals surface area contributed by atoms with Crippen LogP contribution in [0.15, 0.2) is 42.5 Å². The van der Waals surface area contributed by atoms with Crippen molar-refractivity contribution < 1.29 is 4.74 Å². The highest BCUT2D eigenvalue weighted by Crippen LogP contribution is 2.18. The molecule has 2 N–H and O–H groups in total. The first kappa shape index (κ1) is 12.7. The maximum atomic E-state index is 5.84. The van der Waals surface area contributed by atoms with Gasteiger partial charge in [0, 0.05) is 6.54 Å². The third kappa shape index (κ3) is 3.11. The largest absolute Gasteiger partial charge is 0.489 e. The lowest BCUT2D eigenvalue weighted by molar-refractivity contribution is 0.304. The molecular formula is C16H19NO. The molecule has 0 saturated carbocycles. The number of aryl methyl sites for hydroxylation is 2. The summed E-state index contributed by atoms with van der Waals surface area (Å²) in [6.45, 7) is 5.27. The molecule has 2 aromatic carbocycles. The van der Waals surface area contributed by atoms with E-state index in [1.54, 1.807) is 0 Å². The highest BCUT2D eigenvalue weighted by Gasteiger charge is 2.02. The fraction of sp³-hybridized carbons (Fsp3) is 0.250. The molecule has 0 fully saturated rings. The standard InChI is InChI=1S/C16H19NO/c1-12-7-13(2)9-16(8-12)18-11-15-6-4-3-5-14(15)10-17/h3-9H,10-11,17H2,1-2H3. The quantitative estimate of drug-likeness (QED) is 0.891. The molecule has 0 aliphatic heterocycles. The van der Waals surface area contributed by atoms with Crippen LogP contribution in [0.5, 0.6) is 5.75 Å². The molecule has 0 atom stereocenters. The van der Waals surface area contributed by atoms with Crippen molar-refractivity contribution in [2.75, 3.05) is 0 Å². The Bertz CT molecular complexity index is 514. The maximum absolute atomic E-state index is 5.84. The Morgan fingerprint density at radius 1 is 0.944 bits per heavy atom. The van der Waals surface area contributed by atoms with Gasteiger partial charge in [-0.15, -0.1) is 0 Å². The van der Waals surface area contributed by atoms with E-state index in [0.29, 0.717) is 13.2 Å². The zero-order valence-corrected chi connectivity index (χ0v) is 10.9. The topological polar surface area (TPSA) is 35.2 Å². The molecule has 18 heavy (non-hydrogen) atoms. The van der Waals surface area contributed by atoms with Crippen molar-refractivity contribution in [3.8, 4) is 5.75 Å². The van der Waals surface area contributed by atoms with Gasteiger partial charge in [-0.3, -0.25) is 0 Å². The Hall–Kier alpha value is -1.80. The van der Waals surface area contributed by atoms with Crippen molar-refractivity contribution in [2.45, 2.75) is 27.0 Å². The second-order valence-corrected chi connectivity index (χ2v) is 4.58. The van der Waals surface area contributed by atoms with Crippen molar-refractivity contribution in [2.24, 2.45) is 5.73 Å². The molecule has 0 bridgehead atoms. The van der Waals surface area contributed by atoms with Gasteiger partial charge < -0.3 is 10.5 Å². The molecule has 0 spiro atoms. The van der Waals surface area contributed by atoms with Gasteiger partial charge in [-0.25, -0.2) is 0 Å². The molecule has 0 heterocycles. The average Bonchev–Trinajstić information content (AvgIpc) is 2.35. The van der Waals surface area contributed by atoms with Gasteiger partial charge in [0.25, 0.3) is 0 Å². The van der Waals surface area contributed by atoms with Gasteiger partial charge >= 0.3 is 0 Å². The number of nitrogens with two attached hydrogens (primary N) is 1. The summed E-state index contributed by atoms with van der Waals surface area (Å²) in [6, 6.07) is 14.4. The maximum Gasteiger partial charge on any atom is 0.120 e. The molecule has 0 unspecified atom stereocenters. The Kier molecular flexibility index (Phi) is 4.00. The summed E-state index contributed by atoms with van der Waals surface area (Å²) in [5, 5.41) is 0. The van der Waals surface area contributed by atoms with Gasteiger partial charge in [-0.2, -0.15) is 0 Å². The van der Waals surface area contributed by atoms with Gasteiger partial charge in [0.2, 0.25) is 0 Å². The van der Waals surface area contributed by atoms with Gasteiger partial charge in [0.05, 0.1) is 0 Å². The molecule has 2 nitrogen and oxygen atoms in total. The minimum absolute atomic E-state index is 0.548. The second kappa shape index (κ2) is 5.69. The summed E-state index contributed by atoms with van der Waals surface area (Å²) in [7, 11) is 0. The van der Waals surface area contributed by atoms with Crippen LogP contribution in [0.1, 0.15) is 22.3 Å². The molecule has 0 aromatic heterocycles. The number of ether oxygens (including phenoxy) is 1. The van der Waals surface area contributed by atoms with Crippen LogP contribution in [-0.2, 0) is 13.2 Å². The molecule has 0 amide bonds. The van der Waals surface area contributed by atoms with E-state index in [-0.39, 0.29) is 0 Å². The van der Waals surface area contributed by atoms with Gasteiger partial charge in [-0.05, 0) is 48.2 Å².